The summed E-state index contributed by atoms with van der Waals surface area (Å²) in [5.74, 6) is 0.710. The predicted octanol–water partition coefficient (Wildman–Crippen LogP) is 5.17. The molecule has 0 fully saturated rings. The molecule has 0 bridgehead atoms. The highest BCUT2D eigenvalue weighted by molar-refractivity contribution is 5.77. The summed E-state index contributed by atoms with van der Waals surface area (Å²) in [4.78, 5) is 14.4. The molecule has 2 atom stereocenters. The molecule has 1 aromatic rings. The number of amides is 1. The van der Waals surface area contributed by atoms with Crippen molar-refractivity contribution in [1.82, 2.24) is 4.90 Å². The minimum atomic E-state index is -0.503. The van der Waals surface area contributed by atoms with Crippen LogP contribution < -0.4 is 10.5 Å². The van der Waals surface area contributed by atoms with Gasteiger partial charge < -0.3 is 15.2 Å². The van der Waals surface area contributed by atoms with Crippen molar-refractivity contribution in [2.75, 3.05) is 5.73 Å². The average molecular weight is 375 g/mol. The lowest BCUT2D eigenvalue weighted by molar-refractivity contribution is 0.0123. The average Bonchev–Trinajstić information content (AvgIpc) is 2.46. The van der Waals surface area contributed by atoms with Crippen LogP contribution in [-0.2, 0) is 4.74 Å². The van der Waals surface area contributed by atoms with E-state index >= 15 is 0 Å². The number of carbonyl (C=O) groups excluding carboxylic acids is 1. The van der Waals surface area contributed by atoms with Crippen LogP contribution in [0, 0.1) is 6.92 Å². The number of ether oxygens (including phenoxy) is 2. The van der Waals surface area contributed by atoms with Gasteiger partial charge in [-0.1, -0.05) is 6.08 Å². The number of hydrogen-bond donors (Lipinski definition) is 1. The summed E-state index contributed by atoms with van der Waals surface area (Å²) in [5, 5.41) is 0. The van der Waals surface area contributed by atoms with Gasteiger partial charge >= 0.3 is 6.09 Å². The fourth-order valence-corrected chi connectivity index (χ4v) is 3.53. The maximum atomic E-state index is 12.6. The van der Waals surface area contributed by atoms with Gasteiger partial charge in [-0.15, -0.1) is 0 Å². The Labute approximate surface area is 163 Å². The molecule has 1 aliphatic rings. The Morgan fingerprint density at radius 1 is 1.26 bits per heavy atom. The van der Waals surface area contributed by atoms with Crippen molar-refractivity contribution in [2.24, 2.45) is 0 Å². The van der Waals surface area contributed by atoms with Crippen molar-refractivity contribution in [1.29, 1.82) is 0 Å². The standard InChI is InChI=1S/C22H34N2O3/c1-13(2)26-20-12-18(14(3)9-19(20)23)17-10-15(4)24(16(5)11-17)21(25)27-22(6,7)8/h9-10,12-13,15-16H,11,23H2,1-8H3. The first-order chi connectivity index (χ1) is 12.4. The van der Waals surface area contributed by atoms with Gasteiger partial charge in [-0.25, -0.2) is 4.79 Å². The zero-order chi connectivity index (χ0) is 20.5. The van der Waals surface area contributed by atoms with Crippen LogP contribution in [0.1, 0.15) is 66.0 Å². The summed E-state index contributed by atoms with van der Waals surface area (Å²) in [5.41, 5.74) is 9.72. The molecule has 2 rings (SSSR count). The third-order valence-electron chi connectivity index (χ3n) is 4.54. The van der Waals surface area contributed by atoms with Crippen LogP contribution in [0.4, 0.5) is 10.5 Å². The maximum absolute atomic E-state index is 12.6. The molecular weight excluding hydrogens is 340 g/mol. The first kappa shape index (κ1) is 21.1. The number of carbonyl (C=O) groups is 1. The molecule has 0 saturated carbocycles. The Balaban J connectivity index is 2.33. The predicted molar refractivity (Wildman–Crippen MR) is 111 cm³/mol. The van der Waals surface area contributed by atoms with Gasteiger partial charge in [0.2, 0.25) is 0 Å². The number of nitrogen functional groups attached to an aromatic ring is 1. The van der Waals surface area contributed by atoms with E-state index in [0.29, 0.717) is 11.4 Å². The molecule has 0 radical (unpaired) electrons. The Bertz CT molecular complexity index is 732. The van der Waals surface area contributed by atoms with Crippen LogP contribution >= 0.6 is 0 Å². The summed E-state index contributed by atoms with van der Waals surface area (Å²) in [6, 6.07) is 3.98. The van der Waals surface area contributed by atoms with Crippen molar-refractivity contribution in [3.8, 4) is 5.75 Å². The van der Waals surface area contributed by atoms with E-state index in [1.165, 1.54) is 5.57 Å². The fraction of sp³-hybridized carbons (Fsp3) is 0.591. The van der Waals surface area contributed by atoms with Gasteiger partial charge in [0.05, 0.1) is 17.8 Å². The van der Waals surface area contributed by atoms with E-state index in [1.54, 1.807) is 0 Å². The van der Waals surface area contributed by atoms with Crippen LogP contribution in [0.25, 0.3) is 5.57 Å². The van der Waals surface area contributed by atoms with Gasteiger partial charge in [0.25, 0.3) is 0 Å². The summed E-state index contributed by atoms with van der Waals surface area (Å²) in [7, 11) is 0. The minimum Gasteiger partial charge on any atom is -0.489 e. The molecule has 1 heterocycles. The van der Waals surface area contributed by atoms with E-state index in [0.717, 1.165) is 17.5 Å². The van der Waals surface area contributed by atoms with Crippen molar-refractivity contribution in [3.05, 3.63) is 29.3 Å². The van der Waals surface area contributed by atoms with Crippen molar-refractivity contribution < 1.29 is 14.3 Å². The van der Waals surface area contributed by atoms with E-state index < -0.39 is 5.60 Å². The van der Waals surface area contributed by atoms with Gasteiger partial charge in [0.1, 0.15) is 11.4 Å². The Morgan fingerprint density at radius 2 is 1.89 bits per heavy atom. The third-order valence-corrected chi connectivity index (χ3v) is 4.54. The molecule has 5 nitrogen and oxygen atoms in total. The molecule has 0 aliphatic carbocycles. The normalized spacial score (nSPS) is 20.5. The molecule has 150 valence electrons. The van der Waals surface area contributed by atoms with Crippen LogP contribution in [0.3, 0.4) is 0 Å². The van der Waals surface area contributed by atoms with E-state index in [2.05, 4.69) is 19.9 Å². The lowest BCUT2D eigenvalue weighted by Crippen LogP contribution is -2.48. The van der Waals surface area contributed by atoms with Crippen LogP contribution in [0.5, 0.6) is 5.75 Å². The van der Waals surface area contributed by atoms with Gasteiger partial charge in [-0.2, -0.15) is 0 Å². The topological polar surface area (TPSA) is 64.8 Å². The Hall–Kier alpha value is -2.17. The van der Waals surface area contributed by atoms with Crippen LogP contribution in [0.2, 0.25) is 0 Å². The van der Waals surface area contributed by atoms with Crippen molar-refractivity contribution in [2.45, 2.75) is 85.6 Å². The summed E-state index contributed by atoms with van der Waals surface area (Å²) in [6.07, 6.45) is 2.69. The van der Waals surface area contributed by atoms with E-state index in [9.17, 15) is 4.79 Å². The number of rotatable bonds is 3. The number of nitrogens with zero attached hydrogens (tertiary/aromatic N) is 1. The summed E-state index contributed by atoms with van der Waals surface area (Å²) >= 11 is 0. The molecule has 0 aromatic heterocycles. The molecule has 27 heavy (non-hydrogen) atoms. The molecule has 0 saturated heterocycles. The molecule has 1 aliphatic heterocycles. The lowest BCUT2D eigenvalue weighted by Gasteiger charge is -2.39. The van der Waals surface area contributed by atoms with E-state index in [-0.39, 0.29) is 24.3 Å². The van der Waals surface area contributed by atoms with Gasteiger partial charge in [0.15, 0.2) is 0 Å². The highest BCUT2D eigenvalue weighted by Gasteiger charge is 2.33. The number of anilines is 1. The fourth-order valence-electron chi connectivity index (χ4n) is 3.53. The molecule has 1 amide bonds. The van der Waals surface area contributed by atoms with Gasteiger partial charge in [-0.3, -0.25) is 4.90 Å². The van der Waals surface area contributed by atoms with Gasteiger partial charge in [-0.05, 0) is 90.6 Å². The zero-order valence-electron chi connectivity index (χ0n) is 17.9. The first-order valence-corrected chi connectivity index (χ1v) is 9.68. The van der Waals surface area contributed by atoms with Crippen LogP contribution in [0.15, 0.2) is 18.2 Å². The van der Waals surface area contributed by atoms with E-state index in [1.807, 2.05) is 58.6 Å². The second-order valence-electron chi connectivity index (χ2n) is 8.74. The lowest BCUT2D eigenvalue weighted by atomic mass is 9.89. The molecule has 0 spiro atoms. The summed E-state index contributed by atoms with van der Waals surface area (Å²) < 4.78 is 11.4. The largest absolute Gasteiger partial charge is 0.489 e. The highest BCUT2D eigenvalue weighted by Crippen LogP contribution is 2.36. The van der Waals surface area contributed by atoms with Crippen molar-refractivity contribution >= 4 is 17.4 Å². The van der Waals surface area contributed by atoms with Crippen LogP contribution in [-0.4, -0.2) is 34.8 Å². The zero-order valence-corrected chi connectivity index (χ0v) is 17.9. The third kappa shape index (κ3) is 5.18. The molecule has 1 aromatic carbocycles. The number of benzene rings is 1. The monoisotopic (exact) mass is 374 g/mol. The SMILES string of the molecule is Cc1cc(N)c(OC(C)C)cc1C1=CC(C)N(C(=O)OC(C)(C)C)C(C)C1. The highest BCUT2D eigenvalue weighted by atomic mass is 16.6. The molecular formula is C22H34N2O3. The number of nitrogens with two attached hydrogens (primary N) is 1. The molecule has 5 heteroatoms. The Kier molecular flexibility index (Phi) is 6.13. The maximum Gasteiger partial charge on any atom is 0.411 e. The minimum absolute atomic E-state index is 0.0428. The second kappa shape index (κ2) is 7.83. The summed E-state index contributed by atoms with van der Waals surface area (Å²) in [6.45, 7) is 15.8. The quantitative estimate of drug-likeness (QED) is 0.742. The van der Waals surface area contributed by atoms with Gasteiger partial charge in [0, 0.05) is 6.04 Å². The second-order valence-corrected chi connectivity index (χ2v) is 8.74. The smallest absolute Gasteiger partial charge is 0.411 e. The van der Waals surface area contributed by atoms with E-state index in [4.69, 9.17) is 15.2 Å². The number of aryl methyl sites for hydroxylation is 1. The molecule has 2 N–H and O–H groups in total. The Morgan fingerprint density at radius 3 is 2.41 bits per heavy atom. The number of hydrogen-bond acceptors (Lipinski definition) is 4. The van der Waals surface area contributed by atoms with Crippen molar-refractivity contribution in [3.63, 3.8) is 0 Å². The first-order valence-electron chi connectivity index (χ1n) is 9.68. The molecule has 2 unspecified atom stereocenters.